The number of ether oxygens (including phenoxy) is 5. The summed E-state index contributed by atoms with van der Waals surface area (Å²) in [5.74, 6) is 3.77. The normalized spacial score (nSPS) is 34.1. The van der Waals surface area contributed by atoms with E-state index in [2.05, 4.69) is 27.7 Å². The lowest BCUT2D eigenvalue weighted by Crippen LogP contribution is -2.63. The van der Waals surface area contributed by atoms with Crippen LogP contribution < -0.4 is 0 Å². The Balaban J connectivity index is 0.000000172. The van der Waals surface area contributed by atoms with Crippen LogP contribution in [-0.4, -0.2) is 70.1 Å². The zero-order valence-electron chi connectivity index (χ0n) is 45.5. The molecule has 0 amide bonds. The van der Waals surface area contributed by atoms with E-state index in [9.17, 15) is 29.1 Å². The van der Waals surface area contributed by atoms with Crippen LogP contribution in [0.1, 0.15) is 232 Å². The lowest BCUT2D eigenvalue weighted by molar-refractivity contribution is -0.231. The third-order valence-electron chi connectivity index (χ3n) is 18.8. The molecule has 68 heavy (non-hydrogen) atoms. The first-order chi connectivity index (χ1) is 31.4. The van der Waals surface area contributed by atoms with Gasteiger partial charge in [0.05, 0.1) is 33.9 Å². The Kier molecular flexibility index (Phi) is 17.5. The number of rotatable bonds is 13. The molecule has 1 saturated heterocycles. The molecule has 11 nitrogen and oxygen atoms in total. The average molecular weight is 957 g/mol. The van der Waals surface area contributed by atoms with Crippen molar-refractivity contribution in [2.75, 3.05) is 6.61 Å². The van der Waals surface area contributed by atoms with E-state index in [1.807, 2.05) is 62.3 Å². The highest BCUT2D eigenvalue weighted by Gasteiger charge is 2.62. The molecule has 10 aliphatic rings. The molecule has 0 aromatic heterocycles. The molecule has 9 aliphatic carbocycles. The highest BCUT2D eigenvalue weighted by Crippen LogP contribution is 2.62. The first kappa shape index (κ1) is 56.2. The van der Waals surface area contributed by atoms with Gasteiger partial charge in [-0.25, -0.2) is 4.79 Å². The number of cyclic esters (lactones) is 1. The summed E-state index contributed by atoms with van der Waals surface area (Å²) in [6, 6.07) is 0. The monoisotopic (exact) mass is 957 g/mol. The summed E-state index contributed by atoms with van der Waals surface area (Å²) in [6.07, 6.45) is 19.7. The van der Waals surface area contributed by atoms with Gasteiger partial charge in [0.2, 0.25) is 6.10 Å². The Morgan fingerprint density at radius 3 is 1.43 bits per heavy atom. The molecule has 1 aliphatic heterocycles. The molecule has 0 aromatic carbocycles. The topological polar surface area (TPSA) is 152 Å². The van der Waals surface area contributed by atoms with Crippen molar-refractivity contribution in [3.05, 3.63) is 0 Å². The van der Waals surface area contributed by atoms with E-state index in [4.69, 9.17) is 23.7 Å². The van der Waals surface area contributed by atoms with Crippen molar-refractivity contribution in [1.29, 1.82) is 0 Å². The standard InChI is InChI=1S/C19H32O2.C16H26O3.C12H22O2.C10H16O4/c1-6-18(4,5)17(20)21-19(12(2)3)15-8-13-7-14(10-15)11-16(19)9-13;1-4-14(2,3)13(17)19-16-8-11-5-12(9-16)7-15(18,6-11)10-16;1-5-11(2,3)10(13)14-12(4)8-6-7-9-12;1-4-10(2,3)9(12)14-7-5-6-13-8(7)11/h12-16H,6-11H2,1-5H3;11-12,18H,4-10H2,1-3H3;5-9H2,1-4H3;7H,4-6H2,1-3H3. The molecule has 0 spiro atoms. The fraction of sp³-hybridized carbons (Fsp3) is 0.912. The number of hydrogen-bond donors (Lipinski definition) is 1. The molecular weight excluding hydrogens is 861 g/mol. The van der Waals surface area contributed by atoms with Crippen LogP contribution in [0.5, 0.6) is 0 Å². The number of esters is 5. The van der Waals surface area contributed by atoms with Crippen LogP contribution in [0.2, 0.25) is 0 Å². The van der Waals surface area contributed by atoms with Crippen molar-refractivity contribution < 1.29 is 52.8 Å². The van der Waals surface area contributed by atoms with Gasteiger partial charge in [-0.1, -0.05) is 41.5 Å². The van der Waals surface area contributed by atoms with Gasteiger partial charge < -0.3 is 28.8 Å². The summed E-state index contributed by atoms with van der Waals surface area (Å²) in [6.45, 7) is 30.5. The number of carbonyl (C=O) groups is 5. The summed E-state index contributed by atoms with van der Waals surface area (Å²) in [5.41, 5.74) is -2.87. The van der Waals surface area contributed by atoms with Gasteiger partial charge >= 0.3 is 29.8 Å². The van der Waals surface area contributed by atoms with Gasteiger partial charge in [0.15, 0.2) is 0 Å². The Morgan fingerprint density at radius 1 is 0.618 bits per heavy atom. The van der Waals surface area contributed by atoms with E-state index >= 15 is 0 Å². The summed E-state index contributed by atoms with van der Waals surface area (Å²) >= 11 is 0. The van der Waals surface area contributed by atoms with Crippen molar-refractivity contribution in [2.45, 2.75) is 261 Å². The minimum Gasteiger partial charge on any atom is -0.463 e. The van der Waals surface area contributed by atoms with E-state index in [0.717, 1.165) is 69.6 Å². The Labute approximate surface area is 411 Å². The fourth-order valence-electron chi connectivity index (χ4n) is 13.1. The minimum absolute atomic E-state index is 0.0335. The van der Waals surface area contributed by atoms with Crippen LogP contribution in [0, 0.1) is 63.1 Å². The smallest absolute Gasteiger partial charge is 0.347 e. The molecule has 0 radical (unpaired) electrons. The summed E-state index contributed by atoms with van der Waals surface area (Å²) in [4.78, 5) is 59.6. The second-order valence-electron chi connectivity index (χ2n) is 26.3. The molecule has 1 N–H and O–H groups in total. The molecule has 8 bridgehead atoms. The van der Waals surface area contributed by atoms with Crippen LogP contribution in [0.15, 0.2) is 0 Å². The second-order valence-corrected chi connectivity index (χ2v) is 26.3. The van der Waals surface area contributed by atoms with Gasteiger partial charge in [-0.05, 0) is 219 Å². The van der Waals surface area contributed by atoms with Crippen LogP contribution in [-0.2, 0) is 47.7 Å². The maximum atomic E-state index is 12.8. The first-order valence-electron chi connectivity index (χ1n) is 27.2. The van der Waals surface area contributed by atoms with E-state index in [1.165, 1.54) is 51.4 Å². The molecule has 0 aromatic rings. The first-order valence-corrected chi connectivity index (χ1v) is 27.2. The Hall–Kier alpha value is -2.69. The van der Waals surface area contributed by atoms with Crippen molar-refractivity contribution in [3.63, 3.8) is 0 Å². The van der Waals surface area contributed by atoms with Gasteiger partial charge in [0.1, 0.15) is 16.8 Å². The highest BCUT2D eigenvalue weighted by molar-refractivity contribution is 5.83. The van der Waals surface area contributed by atoms with E-state index in [-0.39, 0.29) is 51.5 Å². The zero-order chi connectivity index (χ0) is 50.9. The van der Waals surface area contributed by atoms with E-state index in [0.29, 0.717) is 55.5 Å². The van der Waals surface area contributed by atoms with Gasteiger partial charge in [0, 0.05) is 12.8 Å². The maximum absolute atomic E-state index is 12.8. The maximum Gasteiger partial charge on any atom is 0.347 e. The lowest BCUT2D eigenvalue weighted by Gasteiger charge is -2.62. The van der Waals surface area contributed by atoms with E-state index < -0.39 is 28.5 Å². The van der Waals surface area contributed by atoms with Gasteiger partial charge in [-0.15, -0.1) is 0 Å². The van der Waals surface area contributed by atoms with Crippen LogP contribution >= 0.6 is 0 Å². The fourth-order valence-corrected chi connectivity index (χ4v) is 13.1. The molecular formula is C57H96O11. The van der Waals surface area contributed by atoms with Crippen LogP contribution in [0.25, 0.3) is 0 Å². The SMILES string of the molecule is CCC(C)(C)C(=O)OC1(C(C)C)C2CC3CC(C2)CC1C3.CCC(C)(C)C(=O)OC1(C)CCCC1.CCC(C)(C)C(=O)OC12CC3CC(CC(O)(C3)C1)C2.CCC(C)(C)C(=O)OC1CCOC1=O. The summed E-state index contributed by atoms with van der Waals surface area (Å²) in [5, 5.41) is 10.6. The molecule has 10 fully saturated rings. The molecule has 3 unspecified atom stereocenters. The minimum atomic E-state index is -0.687. The molecule has 3 atom stereocenters. The van der Waals surface area contributed by atoms with Gasteiger partial charge in [-0.3, -0.25) is 19.2 Å². The lowest BCUT2D eigenvalue weighted by atomic mass is 9.47. The summed E-state index contributed by atoms with van der Waals surface area (Å²) in [7, 11) is 0. The predicted molar refractivity (Wildman–Crippen MR) is 264 cm³/mol. The predicted octanol–water partition coefficient (Wildman–Crippen LogP) is 12.4. The summed E-state index contributed by atoms with van der Waals surface area (Å²) < 4.78 is 27.7. The highest BCUT2D eigenvalue weighted by atomic mass is 16.6. The van der Waals surface area contributed by atoms with Gasteiger partial charge in [-0.2, -0.15) is 0 Å². The number of aliphatic hydroxyl groups is 1. The molecule has 11 heteroatoms. The largest absolute Gasteiger partial charge is 0.463 e. The number of carbonyl (C=O) groups excluding carboxylic acids is 5. The van der Waals surface area contributed by atoms with Crippen molar-refractivity contribution >= 4 is 29.8 Å². The molecule has 1 heterocycles. The Morgan fingerprint density at radius 2 is 1.03 bits per heavy atom. The van der Waals surface area contributed by atoms with E-state index in [1.54, 1.807) is 13.8 Å². The Bertz CT molecular complexity index is 1740. The number of hydrogen-bond acceptors (Lipinski definition) is 11. The molecule has 10 rings (SSSR count). The molecule has 9 saturated carbocycles. The van der Waals surface area contributed by atoms with Crippen LogP contribution in [0.3, 0.4) is 0 Å². The zero-order valence-corrected chi connectivity index (χ0v) is 45.5. The third-order valence-corrected chi connectivity index (χ3v) is 18.8. The van der Waals surface area contributed by atoms with Crippen molar-refractivity contribution in [2.24, 2.45) is 63.1 Å². The van der Waals surface area contributed by atoms with Crippen molar-refractivity contribution in [1.82, 2.24) is 0 Å². The molecule has 390 valence electrons. The van der Waals surface area contributed by atoms with Crippen LogP contribution in [0.4, 0.5) is 0 Å². The van der Waals surface area contributed by atoms with Gasteiger partial charge in [0.25, 0.3) is 0 Å². The second kappa shape index (κ2) is 21.2. The van der Waals surface area contributed by atoms with Crippen molar-refractivity contribution in [3.8, 4) is 0 Å². The quantitative estimate of drug-likeness (QED) is 0.139. The average Bonchev–Trinajstić information content (AvgIpc) is 3.87. The third kappa shape index (κ3) is 12.7.